The first-order valence-corrected chi connectivity index (χ1v) is 12.2. The Morgan fingerprint density at radius 2 is 1.93 bits per heavy atom. The Morgan fingerprint density at radius 3 is 2.66 bits per heavy atom. The van der Waals surface area contributed by atoms with Gasteiger partial charge in [0.1, 0.15) is 0 Å². The van der Waals surface area contributed by atoms with Gasteiger partial charge >= 0.3 is 0 Å². The minimum Gasteiger partial charge on any atom is -0.393 e. The highest BCUT2D eigenvalue weighted by Crippen LogP contribution is 2.67. The molecule has 0 aromatic carbocycles. The second-order valence-corrected chi connectivity index (χ2v) is 11.7. The van der Waals surface area contributed by atoms with Crippen LogP contribution in [-0.4, -0.2) is 36.1 Å². The molecule has 164 valence electrons. The van der Waals surface area contributed by atoms with Crippen molar-refractivity contribution in [3.63, 3.8) is 0 Å². The van der Waals surface area contributed by atoms with Gasteiger partial charge in [0.2, 0.25) is 5.91 Å². The molecule has 0 heterocycles. The normalized spacial score (nSPS) is 44.9. The maximum atomic E-state index is 12.1. The fourth-order valence-electron chi connectivity index (χ4n) is 8.39. The maximum Gasteiger partial charge on any atom is 0.222 e. The zero-order chi connectivity index (χ0) is 21.0. The van der Waals surface area contributed by atoms with E-state index in [9.17, 15) is 9.90 Å². The van der Waals surface area contributed by atoms with E-state index in [1.54, 1.807) is 10.5 Å². The summed E-state index contributed by atoms with van der Waals surface area (Å²) in [4.78, 5) is 13.8. The number of aliphatic hydroxyl groups excluding tert-OH is 1. The van der Waals surface area contributed by atoms with Crippen LogP contribution in [0.3, 0.4) is 0 Å². The predicted octanol–water partition coefficient (Wildman–Crippen LogP) is 5.43. The highest BCUT2D eigenvalue weighted by Gasteiger charge is 2.59. The van der Waals surface area contributed by atoms with Crippen molar-refractivity contribution in [3.8, 4) is 0 Å². The Morgan fingerprint density at radius 1 is 1.17 bits per heavy atom. The molecule has 0 spiro atoms. The van der Waals surface area contributed by atoms with Gasteiger partial charge in [0.25, 0.3) is 0 Å². The molecule has 3 saturated carbocycles. The van der Waals surface area contributed by atoms with Crippen LogP contribution in [0.25, 0.3) is 0 Å². The third-order valence-corrected chi connectivity index (χ3v) is 10.2. The largest absolute Gasteiger partial charge is 0.393 e. The van der Waals surface area contributed by atoms with Gasteiger partial charge in [-0.05, 0) is 98.2 Å². The van der Waals surface area contributed by atoms with E-state index in [4.69, 9.17) is 0 Å². The molecule has 4 rings (SSSR count). The number of amides is 1. The van der Waals surface area contributed by atoms with Gasteiger partial charge in [-0.1, -0.05) is 32.4 Å². The molecule has 4 aliphatic carbocycles. The molecule has 0 aromatic rings. The molecule has 29 heavy (non-hydrogen) atoms. The van der Waals surface area contributed by atoms with Crippen LogP contribution in [0, 0.1) is 40.4 Å². The number of hydrogen-bond donors (Lipinski definition) is 1. The zero-order valence-corrected chi connectivity index (χ0v) is 19.4. The van der Waals surface area contributed by atoms with Crippen LogP contribution in [0.2, 0.25) is 0 Å². The molecule has 0 saturated heterocycles. The Hall–Kier alpha value is -0.830. The molecule has 8 atom stereocenters. The minimum atomic E-state index is -0.110. The zero-order valence-electron chi connectivity index (χ0n) is 19.4. The Labute approximate surface area is 178 Å². The van der Waals surface area contributed by atoms with Gasteiger partial charge in [0, 0.05) is 20.5 Å². The van der Waals surface area contributed by atoms with Gasteiger partial charge in [0.05, 0.1) is 6.10 Å². The third-order valence-electron chi connectivity index (χ3n) is 10.2. The molecule has 3 unspecified atom stereocenters. The van der Waals surface area contributed by atoms with E-state index in [-0.39, 0.29) is 12.0 Å². The average Bonchev–Trinajstić information content (AvgIpc) is 3.03. The van der Waals surface area contributed by atoms with Crippen molar-refractivity contribution < 1.29 is 9.90 Å². The van der Waals surface area contributed by atoms with Crippen LogP contribution < -0.4 is 0 Å². The van der Waals surface area contributed by atoms with Crippen LogP contribution in [0.5, 0.6) is 0 Å². The van der Waals surface area contributed by atoms with Crippen molar-refractivity contribution in [2.45, 2.75) is 91.1 Å². The van der Waals surface area contributed by atoms with Gasteiger partial charge in [-0.15, -0.1) is 0 Å². The number of fused-ring (bicyclic) bond motifs is 5. The quantitative estimate of drug-likeness (QED) is 0.638. The molecule has 0 bridgehead atoms. The number of rotatable bonds is 4. The molecule has 4 aliphatic rings. The highest BCUT2D eigenvalue weighted by atomic mass is 16.3. The van der Waals surface area contributed by atoms with Crippen molar-refractivity contribution in [2.75, 3.05) is 14.1 Å². The SMILES string of the molecule is C[C@H](CCC(=O)N(C)C)[C@H]1CCC2C3CC=C4C[C@@H](O)CC[C@]4(C)C3CC[C@@]21C. The molecule has 0 aromatic heterocycles. The van der Waals surface area contributed by atoms with Gasteiger partial charge in [-0.3, -0.25) is 4.79 Å². The summed E-state index contributed by atoms with van der Waals surface area (Å²) < 4.78 is 0. The number of allylic oxidation sites excluding steroid dienone is 1. The van der Waals surface area contributed by atoms with Crippen molar-refractivity contribution in [2.24, 2.45) is 40.4 Å². The third kappa shape index (κ3) is 3.50. The maximum absolute atomic E-state index is 12.1. The van der Waals surface area contributed by atoms with Crippen LogP contribution in [-0.2, 0) is 4.79 Å². The second-order valence-electron chi connectivity index (χ2n) is 11.7. The van der Waals surface area contributed by atoms with Gasteiger partial charge < -0.3 is 10.0 Å². The smallest absolute Gasteiger partial charge is 0.222 e. The fraction of sp³-hybridized carbons (Fsp3) is 0.885. The number of aliphatic hydroxyl groups is 1. The molecule has 3 nitrogen and oxygen atoms in total. The molecule has 1 N–H and O–H groups in total. The monoisotopic (exact) mass is 401 g/mol. The Bertz CT molecular complexity index is 670. The van der Waals surface area contributed by atoms with Crippen molar-refractivity contribution in [3.05, 3.63) is 11.6 Å². The fourth-order valence-corrected chi connectivity index (χ4v) is 8.39. The van der Waals surface area contributed by atoms with E-state index in [1.807, 2.05) is 14.1 Å². The second kappa shape index (κ2) is 7.70. The lowest BCUT2D eigenvalue weighted by atomic mass is 9.47. The lowest BCUT2D eigenvalue weighted by molar-refractivity contribution is -0.129. The predicted molar refractivity (Wildman–Crippen MR) is 118 cm³/mol. The molecule has 0 aliphatic heterocycles. The summed E-state index contributed by atoms with van der Waals surface area (Å²) in [5.74, 6) is 4.18. The van der Waals surface area contributed by atoms with E-state index < -0.39 is 0 Å². The van der Waals surface area contributed by atoms with Crippen molar-refractivity contribution in [1.82, 2.24) is 4.90 Å². The first-order valence-electron chi connectivity index (χ1n) is 12.2. The van der Waals surface area contributed by atoms with Crippen molar-refractivity contribution >= 4 is 5.91 Å². The lowest BCUT2D eigenvalue weighted by Crippen LogP contribution is -2.50. The minimum absolute atomic E-state index is 0.110. The number of nitrogens with zero attached hydrogens (tertiary/aromatic N) is 1. The van der Waals surface area contributed by atoms with Gasteiger partial charge in [-0.2, -0.15) is 0 Å². The number of carbonyl (C=O) groups excluding carboxylic acids is 1. The first kappa shape index (κ1) is 21.4. The molecule has 3 heteroatoms. The summed E-state index contributed by atoms with van der Waals surface area (Å²) in [6.07, 6.45) is 14.0. The van der Waals surface area contributed by atoms with Gasteiger partial charge in [-0.25, -0.2) is 0 Å². The van der Waals surface area contributed by atoms with E-state index in [1.165, 1.54) is 38.5 Å². The van der Waals surface area contributed by atoms with Crippen LogP contribution >= 0.6 is 0 Å². The van der Waals surface area contributed by atoms with Crippen molar-refractivity contribution in [1.29, 1.82) is 0 Å². The lowest BCUT2D eigenvalue weighted by Gasteiger charge is -2.58. The Kier molecular flexibility index (Phi) is 5.68. The highest BCUT2D eigenvalue weighted by molar-refractivity contribution is 5.75. The summed E-state index contributed by atoms with van der Waals surface area (Å²) in [7, 11) is 3.74. The Balaban J connectivity index is 1.49. The molecular formula is C26H43NO2. The van der Waals surface area contributed by atoms with E-state index >= 15 is 0 Å². The topological polar surface area (TPSA) is 40.5 Å². The molecule has 0 radical (unpaired) electrons. The van der Waals surface area contributed by atoms with Gasteiger partial charge in [0.15, 0.2) is 0 Å². The average molecular weight is 402 g/mol. The summed E-state index contributed by atoms with van der Waals surface area (Å²) in [5.41, 5.74) is 2.37. The summed E-state index contributed by atoms with van der Waals surface area (Å²) in [5, 5.41) is 10.2. The summed E-state index contributed by atoms with van der Waals surface area (Å²) in [6, 6.07) is 0. The van der Waals surface area contributed by atoms with E-state index in [0.29, 0.717) is 23.2 Å². The van der Waals surface area contributed by atoms with E-state index in [0.717, 1.165) is 42.9 Å². The summed E-state index contributed by atoms with van der Waals surface area (Å²) in [6.45, 7) is 7.53. The number of carbonyl (C=O) groups is 1. The standard InChI is InChI=1S/C26H43NO2/c1-17(6-11-24(29)27(4)5)21-9-10-22-20-8-7-18-16-19(28)12-14-25(18,2)23(20)13-15-26(21,22)3/h7,17,19-23,28H,6,8-16H2,1-5H3/t17-,19+,20?,21-,22?,23?,25+,26-/m1/s1. The number of hydrogen-bond acceptors (Lipinski definition) is 2. The molecule has 1 amide bonds. The molecular weight excluding hydrogens is 358 g/mol. The van der Waals surface area contributed by atoms with Crippen LogP contribution in [0.1, 0.15) is 85.0 Å². The summed E-state index contributed by atoms with van der Waals surface area (Å²) >= 11 is 0. The first-order chi connectivity index (χ1) is 13.7. The van der Waals surface area contributed by atoms with E-state index in [2.05, 4.69) is 26.8 Å². The molecule has 3 fully saturated rings. The van der Waals surface area contributed by atoms with Crippen LogP contribution in [0.4, 0.5) is 0 Å². The van der Waals surface area contributed by atoms with Crippen LogP contribution in [0.15, 0.2) is 11.6 Å².